The summed E-state index contributed by atoms with van der Waals surface area (Å²) in [6, 6.07) is 8.63. The van der Waals surface area contributed by atoms with Gasteiger partial charge in [0.2, 0.25) is 6.08 Å². The van der Waals surface area contributed by atoms with E-state index in [0.717, 1.165) is 5.56 Å². The number of carbonyl (C=O) groups is 1. The van der Waals surface area contributed by atoms with Crippen LogP contribution in [0.2, 0.25) is 0 Å². The van der Waals surface area contributed by atoms with E-state index in [1.54, 1.807) is 0 Å². The standard InChI is InChI=1S/C14H17NO3/c1-11(2)8-13(15-10-16)14(17)18-9-12-6-4-3-5-7-12/h3-7,11,13H,8-9H2,1-2H3. The zero-order chi connectivity index (χ0) is 13.4. The summed E-state index contributed by atoms with van der Waals surface area (Å²) in [6.07, 6.45) is 1.92. The maximum atomic E-state index is 11.7. The van der Waals surface area contributed by atoms with Gasteiger partial charge < -0.3 is 4.74 Å². The average molecular weight is 247 g/mol. The van der Waals surface area contributed by atoms with Crippen LogP contribution in [-0.4, -0.2) is 18.1 Å². The molecule has 0 bridgehead atoms. The Bertz CT molecular complexity index is 422. The van der Waals surface area contributed by atoms with Gasteiger partial charge in [0.25, 0.3) is 0 Å². The van der Waals surface area contributed by atoms with Gasteiger partial charge in [-0.05, 0) is 17.9 Å². The second kappa shape index (κ2) is 7.41. The van der Waals surface area contributed by atoms with Gasteiger partial charge in [-0.1, -0.05) is 44.2 Å². The number of ether oxygens (including phenoxy) is 1. The minimum absolute atomic E-state index is 0.197. The molecule has 0 heterocycles. The molecule has 1 atom stereocenters. The first kappa shape index (κ1) is 14.1. The van der Waals surface area contributed by atoms with Crippen molar-refractivity contribution in [1.82, 2.24) is 0 Å². The zero-order valence-corrected chi connectivity index (χ0v) is 10.6. The topological polar surface area (TPSA) is 55.7 Å². The van der Waals surface area contributed by atoms with Gasteiger partial charge in [-0.15, -0.1) is 0 Å². The van der Waals surface area contributed by atoms with Gasteiger partial charge in [0.05, 0.1) is 0 Å². The van der Waals surface area contributed by atoms with Crippen molar-refractivity contribution in [2.45, 2.75) is 32.9 Å². The molecule has 1 unspecified atom stereocenters. The van der Waals surface area contributed by atoms with Crippen molar-refractivity contribution >= 4 is 12.0 Å². The van der Waals surface area contributed by atoms with E-state index in [2.05, 4.69) is 4.99 Å². The monoisotopic (exact) mass is 247 g/mol. The van der Waals surface area contributed by atoms with Crippen LogP contribution in [0.1, 0.15) is 25.8 Å². The van der Waals surface area contributed by atoms with Crippen molar-refractivity contribution in [3.63, 3.8) is 0 Å². The van der Waals surface area contributed by atoms with E-state index in [0.29, 0.717) is 6.42 Å². The molecule has 1 aromatic rings. The van der Waals surface area contributed by atoms with E-state index in [-0.39, 0.29) is 12.5 Å². The lowest BCUT2D eigenvalue weighted by molar-refractivity contribution is -0.146. The normalized spacial score (nSPS) is 11.7. The third-order valence-corrected chi connectivity index (χ3v) is 2.40. The highest BCUT2D eigenvalue weighted by Crippen LogP contribution is 2.11. The predicted octanol–water partition coefficient (Wildman–Crippen LogP) is 2.48. The quantitative estimate of drug-likeness (QED) is 0.441. The lowest BCUT2D eigenvalue weighted by atomic mass is 10.0. The first-order valence-corrected chi connectivity index (χ1v) is 5.91. The van der Waals surface area contributed by atoms with Gasteiger partial charge >= 0.3 is 5.97 Å². The van der Waals surface area contributed by atoms with Gasteiger partial charge in [-0.2, -0.15) is 4.99 Å². The lowest BCUT2D eigenvalue weighted by Crippen LogP contribution is -2.23. The van der Waals surface area contributed by atoms with E-state index in [1.165, 1.54) is 6.08 Å². The fourth-order valence-corrected chi connectivity index (χ4v) is 1.54. The minimum atomic E-state index is -0.744. The van der Waals surface area contributed by atoms with Crippen LogP contribution in [0.15, 0.2) is 35.3 Å². The Labute approximate surface area is 107 Å². The number of nitrogens with zero attached hydrogens (tertiary/aromatic N) is 1. The molecule has 0 radical (unpaired) electrons. The Hall–Kier alpha value is -1.93. The summed E-state index contributed by atoms with van der Waals surface area (Å²) in [7, 11) is 0. The summed E-state index contributed by atoms with van der Waals surface area (Å²) in [5.41, 5.74) is 0.907. The number of aliphatic imine (C=N–C) groups is 1. The van der Waals surface area contributed by atoms with Gasteiger partial charge in [0.15, 0.2) is 6.04 Å². The molecule has 1 rings (SSSR count). The molecule has 0 saturated carbocycles. The third-order valence-electron chi connectivity index (χ3n) is 2.40. The second-order valence-corrected chi connectivity index (χ2v) is 4.46. The molecule has 0 fully saturated rings. The van der Waals surface area contributed by atoms with Crippen LogP contribution in [0.4, 0.5) is 0 Å². The SMILES string of the molecule is CC(C)CC(N=C=O)C(=O)OCc1ccccc1. The molecular weight excluding hydrogens is 230 g/mol. The van der Waals surface area contributed by atoms with Crippen molar-refractivity contribution in [2.24, 2.45) is 10.9 Å². The van der Waals surface area contributed by atoms with Crippen LogP contribution in [0.3, 0.4) is 0 Å². The molecule has 0 aromatic heterocycles. The van der Waals surface area contributed by atoms with Gasteiger partial charge in [0.1, 0.15) is 6.61 Å². The molecule has 0 aliphatic rings. The van der Waals surface area contributed by atoms with Crippen LogP contribution in [0.5, 0.6) is 0 Å². The van der Waals surface area contributed by atoms with E-state index < -0.39 is 12.0 Å². The molecule has 96 valence electrons. The van der Waals surface area contributed by atoms with Crippen LogP contribution in [0.25, 0.3) is 0 Å². The van der Waals surface area contributed by atoms with Crippen LogP contribution in [-0.2, 0) is 20.9 Å². The van der Waals surface area contributed by atoms with E-state index >= 15 is 0 Å². The largest absolute Gasteiger partial charge is 0.459 e. The molecule has 0 spiro atoms. The molecule has 1 aromatic carbocycles. The highest BCUT2D eigenvalue weighted by atomic mass is 16.5. The van der Waals surface area contributed by atoms with Crippen molar-refractivity contribution in [2.75, 3.05) is 0 Å². The summed E-state index contributed by atoms with van der Waals surface area (Å²) in [6.45, 7) is 4.11. The van der Waals surface area contributed by atoms with Crippen molar-refractivity contribution in [3.05, 3.63) is 35.9 Å². The number of rotatable bonds is 6. The average Bonchev–Trinajstić information content (AvgIpc) is 2.36. The highest BCUT2D eigenvalue weighted by Gasteiger charge is 2.20. The molecule has 0 aliphatic carbocycles. The lowest BCUT2D eigenvalue weighted by Gasteiger charge is -2.12. The maximum absolute atomic E-state index is 11.7. The van der Waals surface area contributed by atoms with Crippen molar-refractivity contribution in [1.29, 1.82) is 0 Å². The molecule has 0 saturated heterocycles. The van der Waals surface area contributed by atoms with E-state index in [9.17, 15) is 9.59 Å². The van der Waals surface area contributed by atoms with E-state index in [4.69, 9.17) is 4.74 Å². The Balaban J connectivity index is 2.54. The number of carbonyl (C=O) groups excluding carboxylic acids is 2. The Morgan fingerprint density at radius 3 is 2.56 bits per heavy atom. The summed E-state index contributed by atoms with van der Waals surface area (Å²) in [5.74, 6) is -0.215. The second-order valence-electron chi connectivity index (χ2n) is 4.46. The number of esters is 1. The molecule has 0 N–H and O–H groups in total. The van der Waals surface area contributed by atoms with Crippen molar-refractivity contribution in [3.8, 4) is 0 Å². The molecule has 4 heteroatoms. The summed E-state index contributed by atoms with van der Waals surface area (Å²) in [4.78, 5) is 25.5. The predicted molar refractivity (Wildman–Crippen MR) is 67.6 cm³/mol. The molecule has 18 heavy (non-hydrogen) atoms. The minimum Gasteiger partial charge on any atom is -0.459 e. The van der Waals surface area contributed by atoms with Crippen LogP contribution >= 0.6 is 0 Å². The Morgan fingerprint density at radius 2 is 2.00 bits per heavy atom. The highest BCUT2D eigenvalue weighted by molar-refractivity contribution is 5.76. The molecule has 0 amide bonds. The molecular formula is C14H17NO3. The fourth-order valence-electron chi connectivity index (χ4n) is 1.54. The summed E-state index contributed by atoms with van der Waals surface area (Å²) >= 11 is 0. The van der Waals surface area contributed by atoms with E-state index in [1.807, 2.05) is 44.2 Å². The number of benzene rings is 1. The zero-order valence-electron chi connectivity index (χ0n) is 10.6. The Morgan fingerprint density at radius 1 is 1.33 bits per heavy atom. The van der Waals surface area contributed by atoms with Crippen molar-refractivity contribution < 1.29 is 14.3 Å². The third kappa shape index (κ3) is 4.93. The maximum Gasteiger partial charge on any atom is 0.332 e. The van der Waals surface area contributed by atoms with Crippen LogP contribution in [0, 0.1) is 5.92 Å². The first-order chi connectivity index (χ1) is 8.63. The van der Waals surface area contributed by atoms with Gasteiger partial charge in [-0.3, -0.25) is 0 Å². The first-order valence-electron chi connectivity index (χ1n) is 5.91. The summed E-state index contributed by atoms with van der Waals surface area (Å²) < 4.78 is 5.13. The van der Waals surface area contributed by atoms with Gasteiger partial charge in [-0.25, -0.2) is 9.59 Å². The smallest absolute Gasteiger partial charge is 0.332 e. The Kier molecular flexibility index (Phi) is 5.81. The summed E-state index contributed by atoms with van der Waals surface area (Å²) in [5, 5.41) is 0. The number of isocyanates is 1. The number of hydrogen-bond acceptors (Lipinski definition) is 4. The molecule has 0 aliphatic heterocycles. The van der Waals surface area contributed by atoms with Gasteiger partial charge in [0, 0.05) is 0 Å². The number of hydrogen-bond donors (Lipinski definition) is 0. The van der Waals surface area contributed by atoms with Crippen LogP contribution < -0.4 is 0 Å². The molecule has 4 nitrogen and oxygen atoms in total. The fraction of sp³-hybridized carbons (Fsp3) is 0.429.